The Kier molecular flexibility index (Phi) is 3.65. The summed E-state index contributed by atoms with van der Waals surface area (Å²) in [6.45, 7) is 6.02. The molecule has 0 spiro atoms. The van der Waals surface area contributed by atoms with Crippen LogP contribution in [0.15, 0.2) is 66.4 Å². The van der Waals surface area contributed by atoms with E-state index in [1.54, 1.807) is 17.5 Å². The number of hydrogen-bond acceptors (Lipinski definition) is 4. The molecule has 3 aromatic heterocycles. The van der Waals surface area contributed by atoms with Gasteiger partial charge in [-0.1, -0.05) is 30.9 Å². The second-order valence-electron chi connectivity index (χ2n) is 5.91. The molecule has 0 radical (unpaired) electrons. The molecule has 0 bridgehead atoms. The standard InChI is InChI=1S/C19H18N4S/c1-3-5-7-14(4-2)19(9-10-19)18-22-15(13-24-18)16-12-20-17-8-6-11-21-23(16)17/h3-8,11-13H,2,9-10H2,1H3/b5-3-,14-7+. The van der Waals surface area contributed by atoms with Gasteiger partial charge in [-0.25, -0.2) is 14.5 Å². The highest BCUT2D eigenvalue weighted by Gasteiger charge is 2.48. The maximum atomic E-state index is 4.92. The summed E-state index contributed by atoms with van der Waals surface area (Å²) >= 11 is 1.71. The van der Waals surface area contributed by atoms with Crippen LogP contribution in [0.3, 0.4) is 0 Å². The minimum atomic E-state index is 0.0398. The second-order valence-corrected chi connectivity index (χ2v) is 6.77. The van der Waals surface area contributed by atoms with Gasteiger partial charge < -0.3 is 0 Å². The lowest BCUT2D eigenvalue weighted by Gasteiger charge is -2.13. The first-order chi connectivity index (χ1) is 11.8. The Morgan fingerprint density at radius 2 is 2.29 bits per heavy atom. The van der Waals surface area contributed by atoms with Crippen molar-refractivity contribution in [2.45, 2.75) is 25.2 Å². The summed E-state index contributed by atoms with van der Waals surface area (Å²) in [6.07, 6.45) is 14.1. The highest BCUT2D eigenvalue weighted by Crippen LogP contribution is 2.55. The van der Waals surface area contributed by atoms with Crippen molar-refractivity contribution in [3.05, 3.63) is 71.4 Å². The summed E-state index contributed by atoms with van der Waals surface area (Å²) < 4.78 is 1.84. The SMILES string of the molecule is C=C/C(=C\C=C/C)C1(c2nc(-c3cnc4cccnn34)cs2)CC1. The Balaban J connectivity index is 1.74. The van der Waals surface area contributed by atoms with E-state index in [9.17, 15) is 0 Å². The van der Waals surface area contributed by atoms with Crippen LogP contribution in [-0.4, -0.2) is 19.6 Å². The van der Waals surface area contributed by atoms with E-state index in [1.165, 1.54) is 5.57 Å². The molecular weight excluding hydrogens is 316 g/mol. The van der Waals surface area contributed by atoms with Crippen LogP contribution in [0.4, 0.5) is 0 Å². The van der Waals surface area contributed by atoms with Crippen LogP contribution in [0, 0.1) is 0 Å². The van der Waals surface area contributed by atoms with E-state index in [-0.39, 0.29) is 5.41 Å². The molecule has 1 saturated carbocycles. The molecule has 24 heavy (non-hydrogen) atoms. The van der Waals surface area contributed by atoms with Crippen molar-refractivity contribution in [2.75, 3.05) is 0 Å². The smallest absolute Gasteiger partial charge is 0.154 e. The largest absolute Gasteiger partial charge is 0.239 e. The van der Waals surface area contributed by atoms with E-state index in [0.717, 1.165) is 34.9 Å². The van der Waals surface area contributed by atoms with Gasteiger partial charge in [-0.2, -0.15) is 5.10 Å². The first-order valence-corrected chi connectivity index (χ1v) is 8.87. The van der Waals surface area contributed by atoms with Crippen LogP contribution in [0.1, 0.15) is 24.8 Å². The van der Waals surface area contributed by atoms with E-state index in [4.69, 9.17) is 4.98 Å². The van der Waals surface area contributed by atoms with Gasteiger partial charge in [-0.15, -0.1) is 11.3 Å². The summed E-state index contributed by atoms with van der Waals surface area (Å²) in [4.78, 5) is 9.32. The fraction of sp³-hybridized carbons (Fsp3) is 0.211. The van der Waals surface area contributed by atoms with E-state index in [0.29, 0.717) is 0 Å². The van der Waals surface area contributed by atoms with Crippen molar-refractivity contribution >= 4 is 17.0 Å². The molecule has 0 aliphatic heterocycles. The van der Waals surface area contributed by atoms with Gasteiger partial charge in [0.05, 0.1) is 6.20 Å². The number of hydrogen-bond donors (Lipinski definition) is 0. The summed E-state index contributed by atoms with van der Waals surface area (Å²) in [7, 11) is 0. The quantitative estimate of drug-likeness (QED) is 0.642. The third-order valence-electron chi connectivity index (χ3n) is 4.44. The summed E-state index contributed by atoms with van der Waals surface area (Å²) in [5.74, 6) is 0. The van der Waals surface area contributed by atoms with Crippen molar-refractivity contribution in [3.63, 3.8) is 0 Å². The molecular formula is C19H18N4S. The Morgan fingerprint density at radius 1 is 1.42 bits per heavy atom. The maximum absolute atomic E-state index is 4.92. The Hall–Kier alpha value is -2.53. The highest BCUT2D eigenvalue weighted by molar-refractivity contribution is 7.10. The van der Waals surface area contributed by atoms with Crippen LogP contribution >= 0.6 is 11.3 Å². The van der Waals surface area contributed by atoms with Crippen LogP contribution in [0.2, 0.25) is 0 Å². The Labute approximate surface area is 144 Å². The zero-order chi connectivity index (χ0) is 16.6. The molecule has 0 aromatic carbocycles. The zero-order valence-electron chi connectivity index (χ0n) is 13.5. The lowest BCUT2D eigenvalue weighted by Crippen LogP contribution is -2.08. The molecule has 1 aliphatic rings. The van der Waals surface area contributed by atoms with Gasteiger partial charge in [0.15, 0.2) is 5.65 Å². The molecule has 1 fully saturated rings. The molecule has 0 saturated heterocycles. The topological polar surface area (TPSA) is 43.1 Å². The van der Waals surface area contributed by atoms with Crippen LogP contribution in [0.25, 0.3) is 17.0 Å². The lowest BCUT2D eigenvalue weighted by atomic mass is 9.96. The normalized spacial score (nSPS) is 16.8. The first-order valence-electron chi connectivity index (χ1n) is 7.99. The van der Waals surface area contributed by atoms with Gasteiger partial charge in [0, 0.05) is 17.0 Å². The van der Waals surface area contributed by atoms with Crippen molar-refractivity contribution < 1.29 is 0 Å². The van der Waals surface area contributed by atoms with Crippen LogP contribution in [-0.2, 0) is 5.41 Å². The van der Waals surface area contributed by atoms with E-state index in [1.807, 2.05) is 41.9 Å². The molecule has 120 valence electrons. The van der Waals surface area contributed by atoms with Crippen molar-refractivity contribution in [1.29, 1.82) is 0 Å². The molecule has 0 amide bonds. The number of allylic oxidation sites excluding steroid dienone is 5. The third-order valence-corrected chi connectivity index (χ3v) is 5.49. The number of imidazole rings is 1. The minimum Gasteiger partial charge on any atom is -0.239 e. The predicted octanol–water partition coefficient (Wildman–Crippen LogP) is 4.57. The molecule has 4 rings (SSSR count). The Morgan fingerprint density at radius 3 is 3.04 bits per heavy atom. The predicted molar refractivity (Wildman–Crippen MR) is 98.1 cm³/mol. The first kappa shape index (κ1) is 15.0. The van der Waals surface area contributed by atoms with Crippen molar-refractivity contribution in [3.8, 4) is 11.4 Å². The number of nitrogens with zero attached hydrogens (tertiary/aromatic N) is 4. The van der Waals surface area contributed by atoms with Crippen LogP contribution < -0.4 is 0 Å². The molecule has 0 N–H and O–H groups in total. The molecule has 3 aromatic rings. The van der Waals surface area contributed by atoms with Crippen molar-refractivity contribution in [2.24, 2.45) is 0 Å². The fourth-order valence-electron chi connectivity index (χ4n) is 2.99. The third kappa shape index (κ3) is 2.32. The molecule has 3 heterocycles. The molecule has 0 unspecified atom stereocenters. The van der Waals surface area contributed by atoms with E-state index < -0.39 is 0 Å². The summed E-state index contributed by atoms with van der Waals surface area (Å²) in [6, 6.07) is 3.84. The average molecular weight is 334 g/mol. The van der Waals surface area contributed by atoms with E-state index >= 15 is 0 Å². The van der Waals surface area contributed by atoms with E-state index in [2.05, 4.69) is 34.2 Å². The van der Waals surface area contributed by atoms with Gasteiger partial charge in [-0.05, 0) is 37.5 Å². The average Bonchev–Trinajstić information content (AvgIpc) is 3.08. The van der Waals surface area contributed by atoms with Gasteiger partial charge in [0.25, 0.3) is 0 Å². The second kappa shape index (κ2) is 5.83. The molecule has 0 atom stereocenters. The fourth-order valence-corrected chi connectivity index (χ4v) is 4.08. The van der Waals surface area contributed by atoms with Gasteiger partial charge in [0.2, 0.25) is 0 Å². The summed E-state index contributed by atoms with van der Waals surface area (Å²) in [5.41, 5.74) is 3.99. The number of aromatic nitrogens is 4. The summed E-state index contributed by atoms with van der Waals surface area (Å²) in [5, 5.41) is 7.63. The minimum absolute atomic E-state index is 0.0398. The van der Waals surface area contributed by atoms with Crippen LogP contribution in [0.5, 0.6) is 0 Å². The monoisotopic (exact) mass is 334 g/mol. The van der Waals surface area contributed by atoms with Crippen molar-refractivity contribution in [1.82, 2.24) is 19.6 Å². The van der Waals surface area contributed by atoms with Gasteiger partial charge in [0.1, 0.15) is 16.4 Å². The maximum Gasteiger partial charge on any atom is 0.154 e. The Bertz CT molecular complexity index is 957. The van der Waals surface area contributed by atoms with Gasteiger partial charge in [-0.3, -0.25) is 0 Å². The highest BCUT2D eigenvalue weighted by atomic mass is 32.1. The molecule has 4 nitrogen and oxygen atoms in total. The molecule has 1 aliphatic carbocycles. The number of rotatable bonds is 5. The molecule has 5 heteroatoms. The zero-order valence-corrected chi connectivity index (χ0v) is 14.3. The number of fused-ring (bicyclic) bond motifs is 1. The lowest BCUT2D eigenvalue weighted by molar-refractivity contribution is 0.832. The van der Waals surface area contributed by atoms with Gasteiger partial charge >= 0.3 is 0 Å². The number of thiazole rings is 1.